The monoisotopic (exact) mass is 412 g/mol. The summed E-state index contributed by atoms with van der Waals surface area (Å²) in [6.07, 6.45) is 3.70. The molecule has 1 aromatic heterocycles. The molecule has 2 heterocycles. The normalized spacial score (nSPS) is 19.9. The van der Waals surface area contributed by atoms with Crippen LogP contribution < -0.4 is 5.56 Å². The molecule has 6 nitrogen and oxygen atoms in total. The molecule has 1 unspecified atom stereocenters. The molecular weight excluding hydrogens is 383 g/mol. The van der Waals surface area contributed by atoms with Gasteiger partial charge in [0.05, 0.1) is 5.69 Å². The molecule has 0 radical (unpaired) electrons. The summed E-state index contributed by atoms with van der Waals surface area (Å²) in [5, 5.41) is 0. The lowest BCUT2D eigenvalue weighted by Crippen LogP contribution is -2.50. The van der Waals surface area contributed by atoms with Gasteiger partial charge in [-0.1, -0.05) is 6.92 Å². The first-order valence-corrected chi connectivity index (χ1v) is 10.9. The number of hydrogen-bond donors (Lipinski definition) is 1. The summed E-state index contributed by atoms with van der Waals surface area (Å²) in [5.74, 6) is 0.281. The van der Waals surface area contributed by atoms with Crippen molar-refractivity contribution in [2.24, 2.45) is 5.92 Å². The van der Waals surface area contributed by atoms with E-state index in [0.717, 1.165) is 44.8 Å². The molecule has 7 heteroatoms. The Balaban J connectivity index is 1.45. The molecule has 1 aromatic carbocycles. The van der Waals surface area contributed by atoms with E-state index in [9.17, 15) is 14.0 Å². The molecule has 1 atom stereocenters. The van der Waals surface area contributed by atoms with Crippen LogP contribution in [-0.4, -0.2) is 58.4 Å². The van der Waals surface area contributed by atoms with Gasteiger partial charge in [0.2, 0.25) is 5.91 Å². The highest BCUT2D eigenvalue weighted by molar-refractivity contribution is 5.79. The molecule has 1 aliphatic heterocycles. The van der Waals surface area contributed by atoms with E-state index in [1.807, 2.05) is 4.90 Å². The fraction of sp³-hybridized carbons (Fsp3) is 0.522. The van der Waals surface area contributed by atoms with Gasteiger partial charge in [-0.25, -0.2) is 9.37 Å². The Morgan fingerprint density at radius 1 is 1.13 bits per heavy atom. The predicted octanol–water partition coefficient (Wildman–Crippen LogP) is 2.63. The number of nitrogens with zero attached hydrogens (tertiary/aromatic N) is 3. The van der Waals surface area contributed by atoms with Gasteiger partial charge in [-0.2, -0.15) is 0 Å². The number of hydrogen-bond acceptors (Lipinski definition) is 4. The Morgan fingerprint density at radius 2 is 1.83 bits per heavy atom. The van der Waals surface area contributed by atoms with Crippen LogP contribution in [0, 0.1) is 11.7 Å². The maximum atomic E-state index is 13.2. The van der Waals surface area contributed by atoms with Crippen LogP contribution in [0.5, 0.6) is 0 Å². The van der Waals surface area contributed by atoms with Gasteiger partial charge in [-0.15, -0.1) is 0 Å². The lowest BCUT2D eigenvalue weighted by Gasteiger charge is -2.36. The highest BCUT2D eigenvalue weighted by atomic mass is 19.1. The van der Waals surface area contributed by atoms with Crippen molar-refractivity contribution < 1.29 is 9.18 Å². The number of carbonyl (C=O) groups excluding carboxylic acids is 1. The van der Waals surface area contributed by atoms with Gasteiger partial charge in [0.15, 0.2) is 0 Å². The lowest BCUT2D eigenvalue weighted by molar-refractivity contribution is -0.137. The molecule has 160 valence electrons. The second-order valence-electron chi connectivity index (χ2n) is 8.29. The summed E-state index contributed by atoms with van der Waals surface area (Å²) in [4.78, 5) is 37.7. The Kier molecular flexibility index (Phi) is 6.27. The first-order valence-electron chi connectivity index (χ1n) is 10.9. The number of fused-ring (bicyclic) bond motifs is 1. The zero-order valence-electron chi connectivity index (χ0n) is 17.5. The molecule has 2 aliphatic rings. The van der Waals surface area contributed by atoms with Crippen molar-refractivity contribution in [2.45, 2.75) is 39.0 Å². The minimum absolute atomic E-state index is 0.0643. The van der Waals surface area contributed by atoms with Crippen molar-refractivity contribution in [2.75, 3.05) is 32.7 Å². The molecule has 1 aliphatic carbocycles. The third-order valence-electron chi connectivity index (χ3n) is 6.26. The van der Waals surface area contributed by atoms with Gasteiger partial charge in [0, 0.05) is 43.2 Å². The van der Waals surface area contributed by atoms with Gasteiger partial charge in [-0.3, -0.25) is 14.5 Å². The first-order chi connectivity index (χ1) is 14.5. The fourth-order valence-electron chi connectivity index (χ4n) is 4.54. The Hall–Kier alpha value is -2.54. The number of aryl methyl sites for hydroxylation is 1. The summed E-state index contributed by atoms with van der Waals surface area (Å²) < 4.78 is 13.2. The summed E-state index contributed by atoms with van der Waals surface area (Å²) in [6, 6.07) is 5.94. The number of halogens is 1. The largest absolute Gasteiger partial charge is 0.340 e. The number of aromatic nitrogens is 2. The number of amides is 1. The van der Waals surface area contributed by atoms with Crippen LogP contribution in [0.25, 0.3) is 11.4 Å². The molecule has 1 saturated heterocycles. The van der Waals surface area contributed by atoms with Crippen LogP contribution in [-0.2, 0) is 17.6 Å². The van der Waals surface area contributed by atoms with Crippen LogP contribution in [0.3, 0.4) is 0 Å². The molecule has 4 rings (SSSR count). The van der Waals surface area contributed by atoms with Crippen molar-refractivity contribution in [3.05, 3.63) is 51.7 Å². The van der Waals surface area contributed by atoms with Gasteiger partial charge < -0.3 is 9.88 Å². The maximum absolute atomic E-state index is 13.2. The summed E-state index contributed by atoms with van der Waals surface area (Å²) >= 11 is 0. The molecule has 0 spiro atoms. The zero-order chi connectivity index (χ0) is 21.1. The smallest absolute Gasteiger partial charge is 0.254 e. The zero-order valence-corrected chi connectivity index (χ0v) is 17.5. The number of benzene rings is 1. The topological polar surface area (TPSA) is 69.3 Å². The lowest BCUT2D eigenvalue weighted by atomic mass is 9.97. The van der Waals surface area contributed by atoms with E-state index >= 15 is 0 Å². The van der Waals surface area contributed by atoms with Gasteiger partial charge in [0.25, 0.3) is 5.56 Å². The van der Waals surface area contributed by atoms with Crippen LogP contribution >= 0.6 is 0 Å². The van der Waals surface area contributed by atoms with Gasteiger partial charge in [-0.05, 0) is 62.9 Å². The third kappa shape index (κ3) is 4.46. The molecule has 2 aromatic rings. The standard InChI is InChI=1S/C23H29FN4O2/c1-2-11-27-12-14-28(15-13-27)23(30)17-5-9-19-20(10-6-17)25-21(26-22(19)29)16-3-7-18(24)8-4-16/h3-4,7-8,17H,2,5-6,9-15H2,1H3,(H,25,26,29). The summed E-state index contributed by atoms with van der Waals surface area (Å²) in [5.41, 5.74) is 1.98. The van der Waals surface area contributed by atoms with E-state index in [1.54, 1.807) is 12.1 Å². The van der Waals surface area contributed by atoms with Crippen molar-refractivity contribution in [3.8, 4) is 11.4 Å². The van der Waals surface area contributed by atoms with Gasteiger partial charge >= 0.3 is 0 Å². The average molecular weight is 413 g/mol. The van der Waals surface area contributed by atoms with E-state index in [0.29, 0.717) is 42.6 Å². The van der Waals surface area contributed by atoms with Crippen LogP contribution in [0.2, 0.25) is 0 Å². The summed E-state index contributed by atoms with van der Waals surface area (Å²) in [7, 11) is 0. The van der Waals surface area contributed by atoms with E-state index in [2.05, 4.69) is 21.8 Å². The SMILES string of the molecule is CCCN1CCN(C(=O)C2CCc3nc(-c4ccc(F)cc4)[nH]c(=O)c3CC2)CC1. The molecule has 0 saturated carbocycles. The van der Waals surface area contributed by atoms with Crippen molar-refractivity contribution in [3.63, 3.8) is 0 Å². The minimum atomic E-state index is -0.326. The van der Waals surface area contributed by atoms with Crippen molar-refractivity contribution >= 4 is 5.91 Å². The number of nitrogens with one attached hydrogen (secondary N) is 1. The van der Waals surface area contributed by atoms with E-state index < -0.39 is 0 Å². The highest BCUT2D eigenvalue weighted by Gasteiger charge is 2.30. The molecule has 1 fully saturated rings. The van der Waals surface area contributed by atoms with E-state index in [-0.39, 0.29) is 23.2 Å². The second kappa shape index (κ2) is 9.08. The molecular formula is C23H29FN4O2. The number of carbonyl (C=O) groups is 1. The summed E-state index contributed by atoms with van der Waals surface area (Å²) in [6.45, 7) is 6.72. The predicted molar refractivity (Wildman–Crippen MR) is 114 cm³/mol. The quantitative estimate of drug-likeness (QED) is 0.784. The number of H-pyrrole nitrogens is 1. The third-order valence-corrected chi connectivity index (χ3v) is 6.26. The first kappa shape index (κ1) is 20.7. The van der Waals surface area contributed by atoms with Crippen LogP contribution in [0.4, 0.5) is 4.39 Å². The molecule has 1 amide bonds. The average Bonchev–Trinajstić information content (AvgIpc) is 2.98. The fourth-order valence-corrected chi connectivity index (χ4v) is 4.54. The molecule has 30 heavy (non-hydrogen) atoms. The van der Waals surface area contributed by atoms with E-state index in [1.165, 1.54) is 12.1 Å². The number of rotatable bonds is 4. The minimum Gasteiger partial charge on any atom is -0.340 e. The van der Waals surface area contributed by atoms with Crippen molar-refractivity contribution in [1.82, 2.24) is 19.8 Å². The van der Waals surface area contributed by atoms with Gasteiger partial charge in [0.1, 0.15) is 11.6 Å². The second-order valence-corrected chi connectivity index (χ2v) is 8.29. The Morgan fingerprint density at radius 3 is 2.53 bits per heavy atom. The Labute approximate surface area is 176 Å². The molecule has 0 bridgehead atoms. The maximum Gasteiger partial charge on any atom is 0.254 e. The number of aromatic amines is 1. The molecule has 1 N–H and O–H groups in total. The Bertz CT molecular complexity index is 949. The van der Waals surface area contributed by atoms with Crippen LogP contribution in [0.15, 0.2) is 29.1 Å². The van der Waals surface area contributed by atoms with Crippen molar-refractivity contribution in [1.29, 1.82) is 0 Å². The highest BCUT2D eigenvalue weighted by Crippen LogP contribution is 2.25. The van der Waals surface area contributed by atoms with E-state index in [4.69, 9.17) is 0 Å². The number of piperazine rings is 1. The van der Waals surface area contributed by atoms with Crippen LogP contribution in [0.1, 0.15) is 37.4 Å².